The van der Waals surface area contributed by atoms with Gasteiger partial charge < -0.3 is 15.5 Å². The van der Waals surface area contributed by atoms with Crippen molar-refractivity contribution in [3.63, 3.8) is 0 Å². The molecular formula is C7H15N3O2S. The van der Waals surface area contributed by atoms with E-state index in [4.69, 9.17) is 18.1 Å². The van der Waals surface area contributed by atoms with Crippen molar-refractivity contribution >= 4 is 23.3 Å². The first-order chi connectivity index (χ1) is 6.02. The molecule has 0 saturated carbocycles. The van der Waals surface area contributed by atoms with Crippen LogP contribution in [-0.2, 0) is 9.53 Å². The van der Waals surface area contributed by atoms with E-state index in [2.05, 4.69) is 15.5 Å². The summed E-state index contributed by atoms with van der Waals surface area (Å²) in [6.45, 7) is 3.77. The Morgan fingerprint density at radius 3 is 2.38 bits per heavy atom. The average Bonchev–Trinajstić information content (AvgIpc) is 2.11. The van der Waals surface area contributed by atoms with Crippen LogP contribution in [0.15, 0.2) is 0 Å². The van der Waals surface area contributed by atoms with Crippen LogP contribution in [0.25, 0.3) is 0 Å². The van der Waals surface area contributed by atoms with Crippen molar-refractivity contribution in [1.82, 2.24) is 10.7 Å². The topological polar surface area (TPSA) is 76.4 Å². The summed E-state index contributed by atoms with van der Waals surface area (Å²) >= 11 is 4.76. The molecular weight excluding hydrogens is 190 g/mol. The average molecular weight is 205 g/mol. The first-order valence-corrected chi connectivity index (χ1v) is 4.28. The van der Waals surface area contributed by atoms with Crippen LogP contribution in [0.4, 0.5) is 0 Å². The number of hydrogen-bond donors (Lipinski definition) is 3. The molecule has 0 aromatic carbocycles. The van der Waals surface area contributed by atoms with Gasteiger partial charge in [0.15, 0.2) is 5.11 Å². The number of rotatable bonds is 3. The number of nitrogens with two attached hydrogens (primary N) is 1. The minimum absolute atomic E-state index is 0.0822. The van der Waals surface area contributed by atoms with Gasteiger partial charge in [-0.25, -0.2) is 10.6 Å². The number of ether oxygens (including phenoxy) is 1. The van der Waals surface area contributed by atoms with E-state index >= 15 is 0 Å². The van der Waals surface area contributed by atoms with Crippen molar-refractivity contribution in [2.24, 2.45) is 11.8 Å². The monoisotopic (exact) mass is 205 g/mol. The van der Waals surface area contributed by atoms with Crippen LogP contribution in [0.1, 0.15) is 13.8 Å². The molecule has 0 aliphatic heterocycles. The third-order valence-electron chi connectivity index (χ3n) is 1.54. The predicted octanol–water partition coefficient (Wildman–Crippen LogP) is -0.478. The van der Waals surface area contributed by atoms with Crippen LogP contribution in [-0.4, -0.2) is 24.2 Å². The number of esters is 1. The van der Waals surface area contributed by atoms with Crippen LogP contribution >= 0.6 is 12.2 Å². The van der Waals surface area contributed by atoms with E-state index in [1.807, 2.05) is 13.8 Å². The fourth-order valence-corrected chi connectivity index (χ4v) is 0.935. The third kappa shape index (κ3) is 4.05. The summed E-state index contributed by atoms with van der Waals surface area (Å²) < 4.78 is 4.59. The Morgan fingerprint density at radius 1 is 1.54 bits per heavy atom. The van der Waals surface area contributed by atoms with E-state index in [0.29, 0.717) is 0 Å². The Morgan fingerprint density at radius 2 is 2.08 bits per heavy atom. The Hall–Kier alpha value is -0.880. The van der Waals surface area contributed by atoms with Gasteiger partial charge in [0.2, 0.25) is 0 Å². The normalized spacial score (nSPS) is 12.1. The van der Waals surface area contributed by atoms with Gasteiger partial charge in [-0.3, -0.25) is 0 Å². The molecule has 1 unspecified atom stereocenters. The molecule has 0 heterocycles. The summed E-state index contributed by atoms with van der Waals surface area (Å²) in [6.07, 6.45) is 0. The maximum Gasteiger partial charge on any atom is 0.328 e. The highest BCUT2D eigenvalue weighted by molar-refractivity contribution is 7.80. The number of hydrogen-bond acceptors (Lipinski definition) is 4. The predicted molar refractivity (Wildman–Crippen MR) is 53.7 cm³/mol. The molecule has 4 N–H and O–H groups in total. The molecule has 1 atom stereocenters. The highest BCUT2D eigenvalue weighted by Crippen LogP contribution is 2.02. The summed E-state index contributed by atoms with van der Waals surface area (Å²) in [5.41, 5.74) is 2.24. The molecule has 0 aromatic rings. The largest absolute Gasteiger partial charge is 0.467 e. The van der Waals surface area contributed by atoms with E-state index in [9.17, 15) is 4.79 Å². The number of carbonyl (C=O) groups is 1. The van der Waals surface area contributed by atoms with Crippen molar-refractivity contribution < 1.29 is 9.53 Å². The van der Waals surface area contributed by atoms with Crippen LogP contribution < -0.4 is 16.6 Å². The van der Waals surface area contributed by atoms with Gasteiger partial charge in [-0.1, -0.05) is 13.8 Å². The molecule has 0 fully saturated rings. The smallest absolute Gasteiger partial charge is 0.328 e. The van der Waals surface area contributed by atoms with Gasteiger partial charge in [0, 0.05) is 0 Å². The SMILES string of the molecule is COC(=O)C(NC(=S)NN)C(C)C. The highest BCUT2D eigenvalue weighted by Gasteiger charge is 2.23. The molecule has 0 aliphatic carbocycles. The molecule has 6 heteroatoms. The number of hydrazine groups is 1. The van der Waals surface area contributed by atoms with Crippen molar-refractivity contribution in [2.75, 3.05) is 7.11 Å². The lowest BCUT2D eigenvalue weighted by atomic mass is 10.1. The van der Waals surface area contributed by atoms with Crippen molar-refractivity contribution in [2.45, 2.75) is 19.9 Å². The summed E-state index contributed by atoms with van der Waals surface area (Å²) in [5.74, 6) is 4.78. The minimum Gasteiger partial charge on any atom is -0.467 e. The summed E-state index contributed by atoms with van der Waals surface area (Å²) in [5, 5.41) is 2.96. The zero-order chi connectivity index (χ0) is 10.4. The van der Waals surface area contributed by atoms with Gasteiger partial charge in [0.1, 0.15) is 6.04 Å². The van der Waals surface area contributed by atoms with E-state index < -0.39 is 6.04 Å². The number of nitrogens with one attached hydrogen (secondary N) is 2. The van der Waals surface area contributed by atoms with Crippen molar-refractivity contribution in [1.29, 1.82) is 0 Å². The zero-order valence-electron chi connectivity index (χ0n) is 7.96. The molecule has 0 bridgehead atoms. The Labute approximate surface area is 83.0 Å². The molecule has 0 aliphatic rings. The molecule has 0 spiro atoms. The second kappa shape index (κ2) is 5.71. The molecule has 0 amide bonds. The molecule has 0 radical (unpaired) electrons. The van der Waals surface area contributed by atoms with Crippen LogP contribution in [0.2, 0.25) is 0 Å². The molecule has 0 rings (SSSR count). The van der Waals surface area contributed by atoms with Crippen LogP contribution in [0.5, 0.6) is 0 Å². The second-order valence-electron chi connectivity index (χ2n) is 2.86. The lowest BCUT2D eigenvalue weighted by Gasteiger charge is -2.20. The van der Waals surface area contributed by atoms with Gasteiger partial charge in [-0.15, -0.1) is 0 Å². The Bertz CT molecular complexity index is 196. The summed E-state index contributed by atoms with van der Waals surface area (Å²) in [7, 11) is 1.33. The Kier molecular flexibility index (Phi) is 5.33. The standard InChI is InChI=1S/C7H15N3O2S/c1-4(2)5(6(11)12-3)9-7(13)10-8/h4-5H,8H2,1-3H3,(H2,9,10,13). The molecule has 5 nitrogen and oxygen atoms in total. The van der Waals surface area contributed by atoms with Crippen LogP contribution in [0.3, 0.4) is 0 Å². The Balaban J connectivity index is 4.26. The summed E-state index contributed by atoms with van der Waals surface area (Å²) in [4.78, 5) is 11.2. The van der Waals surface area contributed by atoms with E-state index in [-0.39, 0.29) is 17.0 Å². The highest BCUT2D eigenvalue weighted by atomic mass is 32.1. The minimum atomic E-state index is -0.464. The molecule has 0 aromatic heterocycles. The fourth-order valence-electron chi connectivity index (χ4n) is 0.808. The summed E-state index contributed by atoms with van der Waals surface area (Å²) in [6, 6.07) is -0.464. The molecule has 0 saturated heterocycles. The first kappa shape index (κ1) is 12.1. The lowest BCUT2D eigenvalue weighted by molar-refractivity contribution is -0.143. The van der Waals surface area contributed by atoms with Crippen molar-refractivity contribution in [3.8, 4) is 0 Å². The number of carbonyl (C=O) groups excluding carboxylic acids is 1. The number of methoxy groups -OCH3 is 1. The van der Waals surface area contributed by atoms with Gasteiger partial charge in [0.05, 0.1) is 7.11 Å². The fraction of sp³-hybridized carbons (Fsp3) is 0.714. The second-order valence-corrected chi connectivity index (χ2v) is 3.27. The third-order valence-corrected chi connectivity index (χ3v) is 1.78. The first-order valence-electron chi connectivity index (χ1n) is 3.87. The zero-order valence-corrected chi connectivity index (χ0v) is 8.77. The van der Waals surface area contributed by atoms with Crippen molar-refractivity contribution in [3.05, 3.63) is 0 Å². The van der Waals surface area contributed by atoms with Gasteiger partial charge in [0.25, 0.3) is 0 Å². The van der Waals surface area contributed by atoms with E-state index in [1.165, 1.54) is 7.11 Å². The lowest BCUT2D eigenvalue weighted by Crippen LogP contribution is -2.50. The van der Waals surface area contributed by atoms with E-state index in [1.54, 1.807) is 0 Å². The number of thiocarbonyl (C=S) groups is 1. The molecule has 76 valence electrons. The van der Waals surface area contributed by atoms with Gasteiger partial charge in [-0.05, 0) is 18.1 Å². The quantitative estimate of drug-likeness (QED) is 0.250. The van der Waals surface area contributed by atoms with Crippen LogP contribution in [0, 0.1) is 5.92 Å². The maximum absolute atomic E-state index is 11.2. The van der Waals surface area contributed by atoms with Gasteiger partial charge >= 0.3 is 5.97 Å². The van der Waals surface area contributed by atoms with Gasteiger partial charge in [-0.2, -0.15) is 0 Å². The maximum atomic E-state index is 11.2. The van der Waals surface area contributed by atoms with E-state index in [0.717, 1.165) is 0 Å². The molecule has 13 heavy (non-hydrogen) atoms.